The average molecular weight is 253 g/mol. The van der Waals surface area contributed by atoms with Crippen molar-refractivity contribution in [1.82, 2.24) is 4.98 Å². The van der Waals surface area contributed by atoms with Crippen molar-refractivity contribution < 1.29 is 9.66 Å². The van der Waals surface area contributed by atoms with Gasteiger partial charge in [-0.3, -0.25) is 10.1 Å². The Morgan fingerprint density at radius 1 is 1.50 bits per heavy atom. The fourth-order valence-corrected chi connectivity index (χ4v) is 1.50. The third kappa shape index (κ3) is 4.29. The zero-order valence-electron chi connectivity index (χ0n) is 10.8. The molecule has 0 saturated carbocycles. The van der Waals surface area contributed by atoms with Crippen molar-refractivity contribution >= 4 is 11.5 Å². The fourth-order valence-electron chi connectivity index (χ4n) is 1.50. The summed E-state index contributed by atoms with van der Waals surface area (Å²) in [6.45, 7) is 5.56. The highest BCUT2D eigenvalue weighted by Gasteiger charge is 2.17. The van der Waals surface area contributed by atoms with Crippen LogP contribution in [0.3, 0.4) is 0 Å². The molecule has 0 fully saturated rings. The zero-order chi connectivity index (χ0) is 13.4. The summed E-state index contributed by atoms with van der Waals surface area (Å²) in [5, 5.41) is 13.8. The number of nitrogens with zero attached hydrogens (tertiary/aromatic N) is 2. The van der Waals surface area contributed by atoms with Gasteiger partial charge in [-0.2, -0.15) is 0 Å². The van der Waals surface area contributed by atoms with Crippen LogP contribution in [0, 0.1) is 17.0 Å². The Hall–Kier alpha value is -1.69. The number of aryl methyl sites for hydroxylation is 1. The van der Waals surface area contributed by atoms with Crippen LogP contribution in [0.4, 0.5) is 11.5 Å². The third-order valence-corrected chi connectivity index (χ3v) is 2.49. The summed E-state index contributed by atoms with van der Waals surface area (Å²) in [6, 6.07) is 1.63. The molecule has 0 aromatic carbocycles. The van der Waals surface area contributed by atoms with E-state index in [1.165, 1.54) is 0 Å². The summed E-state index contributed by atoms with van der Waals surface area (Å²) >= 11 is 0. The SMILES string of the molecule is CCCCOCCNc1nccc(C)c1[N+](=O)[O-]. The second-order valence-corrected chi connectivity index (χ2v) is 3.97. The summed E-state index contributed by atoms with van der Waals surface area (Å²) in [4.78, 5) is 14.5. The summed E-state index contributed by atoms with van der Waals surface area (Å²) in [6.07, 6.45) is 3.68. The maximum absolute atomic E-state index is 10.9. The summed E-state index contributed by atoms with van der Waals surface area (Å²) in [5.41, 5.74) is 0.635. The number of anilines is 1. The number of nitro groups is 1. The van der Waals surface area contributed by atoms with Gasteiger partial charge >= 0.3 is 5.69 Å². The standard InChI is InChI=1S/C12H19N3O3/c1-3-4-8-18-9-7-14-12-11(15(16)17)10(2)5-6-13-12/h5-6H,3-4,7-9H2,1-2H3,(H,13,14). The van der Waals surface area contributed by atoms with E-state index >= 15 is 0 Å². The largest absolute Gasteiger partial charge is 0.380 e. The Morgan fingerprint density at radius 2 is 2.28 bits per heavy atom. The number of hydrogen-bond donors (Lipinski definition) is 1. The van der Waals surface area contributed by atoms with Gasteiger partial charge < -0.3 is 10.1 Å². The lowest BCUT2D eigenvalue weighted by Gasteiger charge is -2.07. The van der Waals surface area contributed by atoms with Crippen molar-refractivity contribution in [2.75, 3.05) is 25.1 Å². The first-order valence-corrected chi connectivity index (χ1v) is 6.08. The Balaban J connectivity index is 2.47. The lowest BCUT2D eigenvalue weighted by Crippen LogP contribution is -2.12. The minimum atomic E-state index is -0.414. The molecule has 1 N–H and O–H groups in total. The van der Waals surface area contributed by atoms with Crippen molar-refractivity contribution in [2.45, 2.75) is 26.7 Å². The molecule has 100 valence electrons. The molecule has 1 heterocycles. The van der Waals surface area contributed by atoms with Gasteiger partial charge in [0.05, 0.1) is 11.5 Å². The molecule has 0 spiro atoms. The van der Waals surface area contributed by atoms with Crippen molar-refractivity contribution in [3.05, 3.63) is 27.9 Å². The van der Waals surface area contributed by atoms with Crippen LogP contribution in [-0.4, -0.2) is 29.7 Å². The van der Waals surface area contributed by atoms with Crippen molar-refractivity contribution in [3.8, 4) is 0 Å². The number of aromatic nitrogens is 1. The maximum atomic E-state index is 10.9. The van der Waals surface area contributed by atoms with Gasteiger partial charge in [0.1, 0.15) is 0 Å². The summed E-state index contributed by atoms with van der Waals surface area (Å²) in [5.74, 6) is 0.305. The second kappa shape index (κ2) is 7.60. The van der Waals surface area contributed by atoms with Gasteiger partial charge in [-0.25, -0.2) is 4.98 Å². The molecule has 6 nitrogen and oxygen atoms in total. The molecule has 6 heteroatoms. The lowest BCUT2D eigenvalue weighted by atomic mass is 10.2. The van der Waals surface area contributed by atoms with Crippen LogP contribution >= 0.6 is 0 Å². The van der Waals surface area contributed by atoms with Crippen molar-refractivity contribution in [2.24, 2.45) is 0 Å². The zero-order valence-corrected chi connectivity index (χ0v) is 10.8. The first-order chi connectivity index (χ1) is 8.66. The van der Waals surface area contributed by atoms with Gasteiger partial charge in [0.25, 0.3) is 0 Å². The molecule has 18 heavy (non-hydrogen) atoms. The first-order valence-electron chi connectivity index (χ1n) is 6.08. The molecular weight excluding hydrogens is 234 g/mol. The van der Waals surface area contributed by atoms with Crippen LogP contribution < -0.4 is 5.32 Å². The number of pyridine rings is 1. The van der Waals surface area contributed by atoms with E-state index < -0.39 is 4.92 Å². The normalized spacial score (nSPS) is 10.3. The Labute approximate surface area is 107 Å². The monoisotopic (exact) mass is 253 g/mol. The number of unbranched alkanes of at least 4 members (excludes halogenated alkanes) is 1. The third-order valence-electron chi connectivity index (χ3n) is 2.49. The van der Waals surface area contributed by atoms with Crippen molar-refractivity contribution in [1.29, 1.82) is 0 Å². The second-order valence-electron chi connectivity index (χ2n) is 3.97. The summed E-state index contributed by atoms with van der Waals surface area (Å²) in [7, 11) is 0. The van der Waals surface area contributed by atoms with E-state index in [1.807, 2.05) is 0 Å². The van der Waals surface area contributed by atoms with E-state index in [2.05, 4.69) is 17.2 Å². The van der Waals surface area contributed by atoms with Gasteiger partial charge in [0, 0.05) is 24.9 Å². The molecule has 1 rings (SSSR count). The Kier molecular flexibility index (Phi) is 6.07. The van der Waals surface area contributed by atoms with Crippen LogP contribution in [0.5, 0.6) is 0 Å². The molecule has 0 aliphatic carbocycles. The quantitative estimate of drug-likeness (QED) is 0.437. The number of nitrogens with one attached hydrogen (secondary N) is 1. The topological polar surface area (TPSA) is 77.3 Å². The molecule has 0 radical (unpaired) electrons. The van der Waals surface area contributed by atoms with Crippen LogP contribution in [-0.2, 0) is 4.74 Å². The fraction of sp³-hybridized carbons (Fsp3) is 0.583. The van der Waals surface area contributed by atoms with E-state index in [0.29, 0.717) is 24.5 Å². The van der Waals surface area contributed by atoms with Gasteiger partial charge in [-0.15, -0.1) is 0 Å². The Bertz CT molecular complexity index is 396. The van der Waals surface area contributed by atoms with Gasteiger partial charge in [-0.1, -0.05) is 13.3 Å². The highest BCUT2D eigenvalue weighted by Crippen LogP contribution is 2.24. The predicted octanol–water partition coefficient (Wildman–Crippen LogP) is 2.53. The molecule has 1 aromatic rings. The predicted molar refractivity (Wildman–Crippen MR) is 69.8 cm³/mol. The molecule has 0 atom stereocenters. The van der Waals surface area contributed by atoms with Gasteiger partial charge in [0.2, 0.25) is 5.82 Å². The molecular formula is C12H19N3O3. The van der Waals surface area contributed by atoms with E-state index in [9.17, 15) is 10.1 Å². The van der Waals surface area contributed by atoms with Gasteiger partial charge in [0.15, 0.2) is 0 Å². The minimum Gasteiger partial charge on any atom is -0.380 e. The highest BCUT2D eigenvalue weighted by molar-refractivity contribution is 5.59. The maximum Gasteiger partial charge on any atom is 0.314 e. The van der Waals surface area contributed by atoms with E-state index in [1.54, 1.807) is 19.2 Å². The first kappa shape index (κ1) is 14.4. The van der Waals surface area contributed by atoms with Crippen LogP contribution in [0.2, 0.25) is 0 Å². The average Bonchev–Trinajstić information content (AvgIpc) is 2.33. The van der Waals surface area contributed by atoms with Crippen LogP contribution in [0.25, 0.3) is 0 Å². The number of rotatable bonds is 8. The highest BCUT2D eigenvalue weighted by atomic mass is 16.6. The molecule has 0 aliphatic heterocycles. The summed E-state index contributed by atoms with van der Waals surface area (Å²) < 4.78 is 5.37. The molecule has 0 aliphatic rings. The molecule has 0 bridgehead atoms. The molecule has 0 unspecified atom stereocenters. The minimum absolute atomic E-state index is 0.0334. The molecule has 1 aromatic heterocycles. The Morgan fingerprint density at radius 3 is 2.94 bits per heavy atom. The lowest BCUT2D eigenvalue weighted by molar-refractivity contribution is -0.384. The molecule has 0 amide bonds. The van der Waals surface area contributed by atoms with Crippen molar-refractivity contribution in [3.63, 3.8) is 0 Å². The number of hydrogen-bond acceptors (Lipinski definition) is 5. The van der Waals surface area contributed by atoms with E-state index in [0.717, 1.165) is 19.4 Å². The van der Waals surface area contributed by atoms with Gasteiger partial charge in [-0.05, 0) is 19.4 Å². The number of ether oxygens (including phenoxy) is 1. The smallest absolute Gasteiger partial charge is 0.314 e. The van der Waals surface area contributed by atoms with Crippen LogP contribution in [0.15, 0.2) is 12.3 Å². The van der Waals surface area contributed by atoms with E-state index in [4.69, 9.17) is 4.74 Å². The van der Waals surface area contributed by atoms with E-state index in [-0.39, 0.29) is 5.69 Å². The van der Waals surface area contributed by atoms with Crippen LogP contribution in [0.1, 0.15) is 25.3 Å². The molecule has 0 saturated heterocycles.